The van der Waals surface area contributed by atoms with Crippen LogP contribution in [0.3, 0.4) is 0 Å². The number of terminal acetylenes is 1. The van der Waals surface area contributed by atoms with Crippen molar-refractivity contribution in [1.29, 1.82) is 0 Å². The molecule has 22 heavy (non-hydrogen) atoms. The molecule has 3 nitrogen and oxygen atoms in total. The predicted octanol–water partition coefficient (Wildman–Crippen LogP) is 3.55. The summed E-state index contributed by atoms with van der Waals surface area (Å²) in [4.78, 5) is 19.7. The normalized spacial score (nSPS) is 18.2. The first-order valence-corrected chi connectivity index (χ1v) is 8.59. The van der Waals surface area contributed by atoms with E-state index < -0.39 is 0 Å². The van der Waals surface area contributed by atoms with Crippen LogP contribution < -0.4 is 5.56 Å². The SMILES string of the molecule is C#CCn1c(C)nc2sc3c(c2c1=O)CCC(C(C)(C)C)C3. The molecular weight excluding hydrogens is 292 g/mol. The van der Waals surface area contributed by atoms with E-state index >= 15 is 0 Å². The maximum absolute atomic E-state index is 12.8. The summed E-state index contributed by atoms with van der Waals surface area (Å²) in [5, 5.41) is 0.813. The monoisotopic (exact) mass is 314 g/mol. The van der Waals surface area contributed by atoms with Crippen molar-refractivity contribution in [2.45, 2.75) is 53.5 Å². The van der Waals surface area contributed by atoms with E-state index in [0.29, 0.717) is 23.7 Å². The molecule has 0 amide bonds. The summed E-state index contributed by atoms with van der Waals surface area (Å²) >= 11 is 1.70. The third-order valence-corrected chi connectivity index (χ3v) is 5.98. The van der Waals surface area contributed by atoms with Crippen molar-refractivity contribution in [3.8, 4) is 12.3 Å². The van der Waals surface area contributed by atoms with E-state index in [1.165, 1.54) is 10.4 Å². The second kappa shape index (κ2) is 5.24. The Hall–Kier alpha value is -1.60. The third-order valence-electron chi connectivity index (χ3n) is 4.83. The number of fused-ring (bicyclic) bond motifs is 3. The minimum Gasteiger partial charge on any atom is -0.284 e. The van der Waals surface area contributed by atoms with Crippen LogP contribution in [0.15, 0.2) is 4.79 Å². The van der Waals surface area contributed by atoms with Crippen LogP contribution in [0.4, 0.5) is 0 Å². The molecule has 4 heteroatoms. The molecule has 0 saturated heterocycles. The highest BCUT2D eigenvalue weighted by Crippen LogP contribution is 2.42. The predicted molar refractivity (Wildman–Crippen MR) is 92.4 cm³/mol. The average molecular weight is 314 g/mol. The van der Waals surface area contributed by atoms with E-state index in [0.717, 1.165) is 29.5 Å². The van der Waals surface area contributed by atoms with Crippen molar-refractivity contribution in [2.75, 3.05) is 0 Å². The highest BCUT2D eigenvalue weighted by Gasteiger charge is 2.31. The minimum atomic E-state index is 0.0344. The maximum Gasteiger partial charge on any atom is 0.263 e. The largest absolute Gasteiger partial charge is 0.284 e. The second-order valence-electron chi connectivity index (χ2n) is 7.24. The molecule has 0 saturated carbocycles. The van der Waals surface area contributed by atoms with Gasteiger partial charge in [0.25, 0.3) is 5.56 Å². The molecular formula is C18H22N2OS. The first-order chi connectivity index (χ1) is 10.3. The summed E-state index contributed by atoms with van der Waals surface area (Å²) < 4.78 is 1.62. The van der Waals surface area contributed by atoms with Gasteiger partial charge in [-0.2, -0.15) is 0 Å². The number of hydrogen-bond donors (Lipinski definition) is 0. The Balaban J connectivity index is 2.16. The topological polar surface area (TPSA) is 34.9 Å². The quantitative estimate of drug-likeness (QED) is 0.755. The van der Waals surface area contributed by atoms with Crippen LogP contribution in [-0.4, -0.2) is 9.55 Å². The lowest BCUT2D eigenvalue weighted by Crippen LogP contribution is -2.27. The number of hydrogen-bond acceptors (Lipinski definition) is 3. The van der Waals surface area contributed by atoms with Crippen LogP contribution in [-0.2, 0) is 19.4 Å². The van der Waals surface area contributed by atoms with Gasteiger partial charge in [0.15, 0.2) is 0 Å². The summed E-state index contributed by atoms with van der Waals surface area (Å²) in [6.07, 6.45) is 8.57. The van der Waals surface area contributed by atoms with Crippen LogP contribution in [0.5, 0.6) is 0 Å². The second-order valence-corrected chi connectivity index (χ2v) is 8.33. The van der Waals surface area contributed by atoms with Gasteiger partial charge in [-0.3, -0.25) is 9.36 Å². The Morgan fingerprint density at radius 1 is 1.45 bits per heavy atom. The fraction of sp³-hybridized carbons (Fsp3) is 0.556. The molecule has 0 spiro atoms. The van der Waals surface area contributed by atoms with E-state index in [1.54, 1.807) is 15.9 Å². The van der Waals surface area contributed by atoms with Crippen LogP contribution in [0.25, 0.3) is 10.2 Å². The number of thiophene rings is 1. The molecule has 0 bridgehead atoms. The highest BCUT2D eigenvalue weighted by molar-refractivity contribution is 7.18. The zero-order valence-electron chi connectivity index (χ0n) is 13.7. The summed E-state index contributed by atoms with van der Waals surface area (Å²) in [5.74, 6) is 3.93. The summed E-state index contributed by atoms with van der Waals surface area (Å²) in [7, 11) is 0. The fourth-order valence-electron chi connectivity index (χ4n) is 3.38. The molecule has 0 aliphatic heterocycles. The standard InChI is InChI=1S/C18H22N2OS/c1-6-9-20-11(2)19-16-15(17(20)21)13-8-7-12(18(3,4)5)10-14(13)22-16/h1,12H,7-10H2,2-5H3. The van der Waals surface area contributed by atoms with E-state index in [-0.39, 0.29) is 5.56 Å². The molecule has 116 valence electrons. The lowest BCUT2D eigenvalue weighted by molar-refractivity contribution is 0.218. The van der Waals surface area contributed by atoms with Crippen molar-refractivity contribution < 1.29 is 0 Å². The summed E-state index contributed by atoms with van der Waals surface area (Å²) in [6.45, 7) is 9.06. The Morgan fingerprint density at radius 2 is 2.18 bits per heavy atom. The molecule has 2 heterocycles. The highest BCUT2D eigenvalue weighted by atomic mass is 32.1. The van der Waals surface area contributed by atoms with E-state index in [1.807, 2.05) is 6.92 Å². The van der Waals surface area contributed by atoms with Crippen molar-refractivity contribution >= 4 is 21.6 Å². The van der Waals surface area contributed by atoms with Gasteiger partial charge >= 0.3 is 0 Å². The molecule has 3 rings (SSSR count). The summed E-state index contributed by atoms with van der Waals surface area (Å²) in [5.41, 5.74) is 1.57. The maximum atomic E-state index is 12.8. The first kappa shape index (κ1) is 15.3. The van der Waals surface area contributed by atoms with Gasteiger partial charge in [0.05, 0.1) is 11.9 Å². The Labute approximate surface area is 135 Å². The zero-order valence-corrected chi connectivity index (χ0v) is 14.5. The van der Waals surface area contributed by atoms with Crippen LogP contribution >= 0.6 is 11.3 Å². The summed E-state index contributed by atoms with van der Waals surface area (Å²) in [6, 6.07) is 0. The molecule has 1 atom stereocenters. The van der Waals surface area contributed by atoms with Crippen LogP contribution in [0, 0.1) is 30.6 Å². The Kier molecular flexibility index (Phi) is 3.65. The fourth-order valence-corrected chi connectivity index (χ4v) is 4.71. The third kappa shape index (κ3) is 2.38. The zero-order chi connectivity index (χ0) is 16.1. The molecule has 1 unspecified atom stereocenters. The van der Waals surface area contributed by atoms with Gasteiger partial charge in [0.2, 0.25) is 0 Å². The van der Waals surface area contributed by atoms with Gasteiger partial charge in [-0.15, -0.1) is 17.8 Å². The minimum absolute atomic E-state index is 0.0344. The molecule has 0 radical (unpaired) electrons. The average Bonchev–Trinajstić information content (AvgIpc) is 2.79. The Bertz CT molecular complexity index is 830. The van der Waals surface area contributed by atoms with E-state index in [9.17, 15) is 4.79 Å². The number of rotatable bonds is 1. The molecule has 2 aromatic heterocycles. The lowest BCUT2D eigenvalue weighted by atomic mass is 9.72. The number of nitrogens with zero attached hydrogens (tertiary/aromatic N) is 2. The molecule has 1 aliphatic rings. The Morgan fingerprint density at radius 3 is 2.82 bits per heavy atom. The van der Waals surface area contributed by atoms with Gasteiger partial charge in [0, 0.05) is 4.88 Å². The van der Waals surface area contributed by atoms with Crippen molar-refractivity contribution in [1.82, 2.24) is 9.55 Å². The van der Waals surface area contributed by atoms with E-state index in [2.05, 4.69) is 31.7 Å². The van der Waals surface area contributed by atoms with Crippen molar-refractivity contribution in [3.05, 3.63) is 26.6 Å². The van der Waals surface area contributed by atoms with Crippen molar-refractivity contribution in [2.24, 2.45) is 11.3 Å². The molecule has 2 aromatic rings. The van der Waals surface area contributed by atoms with Crippen LogP contribution in [0.2, 0.25) is 0 Å². The molecule has 0 N–H and O–H groups in total. The van der Waals surface area contributed by atoms with Crippen molar-refractivity contribution in [3.63, 3.8) is 0 Å². The van der Waals surface area contributed by atoms with Gasteiger partial charge in [-0.25, -0.2) is 4.98 Å². The van der Waals surface area contributed by atoms with E-state index in [4.69, 9.17) is 6.42 Å². The van der Waals surface area contributed by atoms with Gasteiger partial charge < -0.3 is 0 Å². The molecule has 0 aromatic carbocycles. The van der Waals surface area contributed by atoms with Gasteiger partial charge in [-0.05, 0) is 43.1 Å². The van der Waals surface area contributed by atoms with Gasteiger partial charge in [0.1, 0.15) is 10.7 Å². The lowest BCUT2D eigenvalue weighted by Gasteiger charge is -2.33. The van der Waals surface area contributed by atoms with Gasteiger partial charge in [-0.1, -0.05) is 26.7 Å². The van der Waals surface area contributed by atoms with Crippen LogP contribution in [0.1, 0.15) is 43.5 Å². The molecule has 1 aliphatic carbocycles. The number of aryl methyl sites for hydroxylation is 2. The number of aromatic nitrogens is 2. The molecule has 0 fully saturated rings. The smallest absolute Gasteiger partial charge is 0.263 e. The first-order valence-electron chi connectivity index (χ1n) is 7.78.